The summed E-state index contributed by atoms with van der Waals surface area (Å²) in [6.07, 6.45) is 5.73. The summed E-state index contributed by atoms with van der Waals surface area (Å²) in [5.74, 6) is 0.485. The lowest BCUT2D eigenvalue weighted by Crippen LogP contribution is -2.11. The first-order chi connectivity index (χ1) is 10.2. The van der Waals surface area contributed by atoms with E-state index in [4.69, 9.17) is 4.74 Å². The fraction of sp³-hybridized carbons (Fsp3) is 0.211. The summed E-state index contributed by atoms with van der Waals surface area (Å²) in [5, 5.41) is 2.39. The van der Waals surface area contributed by atoms with Crippen LogP contribution in [0.2, 0.25) is 0 Å². The molecule has 2 nitrogen and oxygen atoms in total. The second kappa shape index (κ2) is 5.96. The van der Waals surface area contributed by atoms with Gasteiger partial charge in [0.1, 0.15) is 0 Å². The van der Waals surface area contributed by atoms with Crippen molar-refractivity contribution in [1.29, 1.82) is 0 Å². The highest BCUT2D eigenvalue weighted by atomic mass is 16.5. The topological polar surface area (TPSA) is 26.3 Å². The minimum atomic E-state index is -0.0112. The van der Waals surface area contributed by atoms with Gasteiger partial charge in [-0.1, -0.05) is 36.4 Å². The predicted molar refractivity (Wildman–Crippen MR) is 85.9 cm³/mol. The van der Waals surface area contributed by atoms with Crippen LogP contribution in [0.5, 0.6) is 0 Å². The van der Waals surface area contributed by atoms with Gasteiger partial charge in [-0.05, 0) is 54.3 Å². The van der Waals surface area contributed by atoms with Gasteiger partial charge >= 0.3 is 0 Å². The SMILES string of the molecule is C/C(=C\c1ccc2ccccc2c1)C(=O)C1=CCCCO1. The average molecular weight is 278 g/mol. The summed E-state index contributed by atoms with van der Waals surface area (Å²) < 4.78 is 5.44. The van der Waals surface area contributed by atoms with Crippen molar-refractivity contribution in [3.63, 3.8) is 0 Å². The largest absolute Gasteiger partial charge is 0.490 e. The summed E-state index contributed by atoms with van der Waals surface area (Å²) in [6.45, 7) is 2.48. The summed E-state index contributed by atoms with van der Waals surface area (Å²) in [6, 6.07) is 14.4. The van der Waals surface area contributed by atoms with Gasteiger partial charge in [0, 0.05) is 5.57 Å². The van der Waals surface area contributed by atoms with E-state index in [1.54, 1.807) is 0 Å². The number of Topliss-reactive ketones (excluding diaryl/α,β-unsaturated/α-hetero) is 1. The molecule has 0 aromatic heterocycles. The van der Waals surface area contributed by atoms with Crippen LogP contribution < -0.4 is 0 Å². The summed E-state index contributed by atoms with van der Waals surface area (Å²) in [5.41, 5.74) is 1.74. The fourth-order valence-electron chi connectivity index (χ4n) is 2.52. The van der Waals surface area contributed by atoms with Crippen LogP contribution in [-0.4, -0.2) is 12.4 Å². The molecule has 1 heterocycles. The van der Waals surface area contributed by atoms with Crippen LogP contribution >= 0.6 is 0 Å². The fourth-order valence-corrected chi connectivity index (χ4v) is 2.52. The van der Waals surface area contributed by atoms with E-state index in [-0.39, 0.29) is 5.78 Å². The molecule has 2 aromatic rings. The molecule has 2 aromatic carbocycles. The Morgan fingerprint density at radius 3 is 2.71 bits per heavy atom. The number of hydrogen-bond donors (Lipinski definition) is 0. The average Bonchev–Trinajstić information content (AvgIpc) is 2.55. The second-order valence-electron chi connectivity index (χ2n) is 5.32. The summed E-state index contributed by atoms with van der Waals surface area (Å²) in [7, 11) is 0. The van der Waals surface area contributed by atoms with Gasteiger partial charge in [0.25, 0.3) is 0 Å². The van der Waals surface area contributed by atoms with Crippen molar-refractivity contribution < 1.29 is 9.53 Å². The van der Waals surface area contributed by atoms with E-state index in [1.807, 2.05) is 37.3 Å². The van der Waals surface area contributed by atoms with Crippen molar-refractivity contribution in [3.8, 4) is 0 Å². The predicted octanol–water partition coefficient (Wildman–Crippen LogP) is 4.51. The number of fused-ring (bicyclic) bond motifs is 1. The normalized spacial score (nSPS) is 15.5. The lowest BCUT2D eigenvalue weighted by Gasteiger charge is -2.13. The van der Waals surface area contributed by atoms with Gasteiger partial charge in [-0.25, -0.2) is 0 Å². The van der Waals surface area contributed by atoms with E-state index in [9.17, 15) is 4.79 Å². The molecule has 0 spiro atoms. The van der Waals surface area contributed by atoms with Gasteiger partial charge in [0.2, 0.25) is 5.78 Å². The van der Waals surface area contributed by atoms with Crippen LogP contribution in [0.15, 0.2) is 59.9 Å². The van der Waals surface area contributed by atoms with E-state index >= 15 is 0 Å². The first kappa shape index (κ1) is 13.6. The Hall–Kier alpha value is -2.35. The van der Waals surface area contributed by atoms with Crippen LogP contribution in [0.1, 0.15) is 25.3 Å². The lowest BCUT2D eigenvalue weighted by atomic mass is 10.0. The zero-order valence-corrected chi connectivity index (χ0v) is 12.1. The molecule has 0 saturated carbocycles. The van der Waals surface area contributed by atoms with Crippen LogP contribution in [0, 0.1) is 0 Å². The highest BCUT2D eigenvalue weighted by Gasteiger charge is 2.15. The highest BCUT2D eigenvalue weighted by molar-refractivity contribution is 6.09. The number of benzene rings is 2. The first-order valence-electron chi connectivity index (χ1n) is 7.29. The third-order valence-corrected chi connectivity index (χ3v) is 3.67. The van der Waals surface area contributed by atoms with Crippen LogP contribution in [-0.2, 0) is 9.53 Å². The molecular formula is C19H18O2. The molecule has 3 rings (SSSR count). The highest BCUT2D eigenvalue weighted by Crippen LogP contribution is 2.20. The summed E-state index contributed by atoms with van der Waals surface area (Å²) in [4.78, 5) is 12.3. The van der Waals surface area contributed by atoms with Gasteiger partial charge in [-0.2, -0.15) is 0 Å². The number of rotatable bonds is 3. The van der Waals surface area contributed by atoms with Crippen LogP contribution in [0.25, 0.3) is 16.8 Å². The Morgan fingerprint density at radius 1 is 1.14 bits per heavy atom. The molecule has 0 saturated heterocycles. The van der Waals surface area contributed by atoms with E-state index in [0.29, 0.717) is 17.9 Å². The Balaban J connectivity index is 1.88. The second-order valence-corrected chi connectivity index (χ2v) is 5.32. The Labute approximate surface area is 124 Å². The molecule has 0 amide bonds. The van der Waals surface area contributed by atoms with E-state index in [1.165, 1.54) is 10.8 Å². The van der Waals surface area contributed by atoms with Crippen molar-refractivity contribution in [1.82, 2.24) is 0 Å². The number of ether oxygens (including phenoxy) is 1. The molecule has 0 N–H and O–H groups in total. The molecule has 0 unspecified atom stereocenters. The van der Waals surface area contributed by atoms with Gasteiger partial charge < -0.3 is 4.74 Å². The van der Waals surface area contributed by atoms with E-state index in [2.05, 4.69) is 24.3 Å². The van der Waals surface area contributed by atoms with Gasteiger partial charge in [0.05, 0.1) is 6.61 Å². The number of allylic oxidation sites excluding steroid dienone is 2. The van der Waals surface area contributed by atoms with Crippen molar-refractivity contribution >= 4 is 22.6 Å². The maximum Gasteiger partial charge on any atom is 0.222 e. The first-order valence-corrected chi connectivity index (χ1v) is 7.29. The van der Waals surface area contributed by atoms with Gasteiger partial charge in [-0.15, -0.1) is 0 Å². The quantitative estimate of drug-likeness (QED) is 0.772. The molecule has 0 radical (unpaired) electrons. The Bertz CT molecular complexity index is 738. The Kier molecular flexibility index (Phi) is 3.87. The molecule has 21 heavy (non-hydrogen) atoms. The monoisotopic (exact) mass is 278 g/mol. The molecule has 0 bridgehead atoms. The molecule has 0 atom stereocenters. The smallest absolute Gasteiger partial charge is 0.222 e. The molecular weight excluding hydrogens is 260 g/mol. The maximum absolute atomic E-state index is 12.3. The van der Waals surface area contributed by atoms with E-state index < -0.39 is 0 Å². The standard InChI is InChI=1S/C19H18O2/c1-14(19(20)18-8-4-5-11-21-18)12-15-9-10-16-6-2-3-7-17(16)13-15/h2-3,6-10,12-13H,4-5,11H2,1H3/b14-12+. The zero-order chi connectivity index (χ0) is 14.7. The van der Waals surface area contributed by atoms with Gasteiger partial charge in [-0.3, -0.25) is 4.79 Å². The maximum atomic E-state index is 12.3. The minimum Gasteiger partial charge on any atom is -0.490 e. The van der Waals surface area contributed by atoms with Crippen molar-refractivity contribution in [2.75, 3.05) is 6.61 Å². The molecule has 1 aliphatic rings. The zero-order valence-electron chi connectivity index (χ0n) is 12.1. The third kappa shape index (κ3) is 3.05. The Morgan fingerprint density at radius 2 is 1.95 bits per heavy atom. The van der Waals surface area contributed by atoms with Crippen molar-refractivity contribution in [2.45, 2.75) is 19.8 Å². The molecule has 106 valence electrons. The summed E-state index contributed by atoms with van der Waals surface area (Å²) >= 11 is 0. The molecule has 0 aliphatic carbocycles. The van der Waals surface area contributed by atoms with Gasteiger partial charge in [0.15, 0.2) is 5.76 Å². The number of ketones is 1. The third-order valence-electron chi connectivity index (χ3n) is 3.67. The number of carbonyl (C=O) groups is 1. The molecule has 1 aliphatic heterocycles. The molecule has 0 fully saturated rings. The molecule has 2 heteroatoms. The number of hydrogen-bond acceptors (Lipinski definition) is 2. The number of carbonyl (C=O) groups excluding carboxylic acids is 1. The van der Waals surface area contributed by atoms with Crippen molar-refractivity contribution in [2.24, 2.45) is 0 Å². The van der Waals surface area contributed by atoms with Crippen LogP contribution in [0.4, 0.5) is 0 Å². The van der Waals surface area contributed by atoms with Crippen LogP contribution in [0.3, 0.4) is 0 Å². The van der Waals surface area contributed by atoms with E-state index in [0.717, 1.165) is 18.4 Å². The minimum absolute atomic E-state index is 0.0112. The van der Waals surface area contributed by atoms with Crippen molar-refractivity contribution in [3.05, 3.63) is 65.4 Å². The lowest BCUT2D eigenvalue weighted by molar-refractivity contribution is -0.115.